The van der Waals surface area contributed by atoms with Gasteiger partial charge in [0.1, 0.15) is 0 Å². The number of rotatable bonds is 2. The molecule has 0 aromatic heterocycles. The van der Waals surface area contributed by atoms with E-state index in [4.69, 9.17) is 0 Å². The third kappa shape index (κ3) is 2.64. The summed E-state index contributed by atoms with van der Waals surface area (Å²) in [5, 5.41) is 3.87. The van der Waals surface area contributed by atoms with Crippen LogP contribution in [-0.4, -0.2) is 29.1 Å². The summed E-state index contributed by atoms with van der Waals surface area (Å²) >= 11 is 0. The number of nitrogens with zero attached hydrogens (tertiary/aromatic N) is 1. The van der Waals surface area contributed by atoms with Crippen molar-refractivity contribution in [1.29, 1.82) is 0 Å². The van der Waals surface area contributed by atoms with Gasteiger partial charge in [-0.15, -0.1) is 0 Å². The second kappa shape index (κ2) is 4.85. The molecule has 1 N–H and O–H groups in total. The minimum absolute atomic E-state index is 0.207. The fourth-order valence-electron chi connectivity index (χ4n) is 3.63. The molecule has 1 aliphatic carbocycles. The quantitative estimate of drug-likeness (QED) is 0.885. The number of nitrogens with one attached hydrogen (secondary N) is 1. The fourth-order valence-corrected chi connectivity index (χ4v) is 3.63. The van der Waals surface area contributed by atoms with Gasteiger partial charge in [0.05, 0.1) is 0 Å². The Bertz CT molecular complexity index is 458. The summed E-state index contributed by atoms with van der Waals surface area (Å²) in [5.74, 6) is 0.879. The summed E-state index contributed by atoms with van der Waals surface area (Å²) in [4.78, 5) is 2.71. The molecule has 1 saturated carbocycles. The average molecular weight is 272 g/mol. The summed E-state index contributed by atoms with van der Waals surface area (Å²) in [6.45, 7) is 11.7. The Labute approximate surface area is 123 Å². The summed E-state index contributed by atoms with van der Waals surface area (Å²) in [6, 6.07) is 11.4. The molecular formula is C18H28N2. The van der Waals surface area contributed by atoms with E-state index >= 15 is 0 Å². The highest BCUT2D eigenvalue weighted by atomic mass is 15.3. The predicted octanol–water partition coefficient (Wildman–Crippen LogP) is 3.60. The molecule has 2 aliphatic rings. The van der Waals surface area contributed by atoms with Crippen LogP contribution in [0.2, 0.25) is 0 Å². The van der Waals surface area contributed by atoms with E-state index in [1.807, 2.05) is 0 Å². The Morgan fingerprint density at radius 1 is 1.15 bits per heavy atom. The van der Waals surface area contributed by atoms with E-state index in [9.17, 15) is 0 Å². The number of benzene rings is 1. The van der Waals surface area contributed by atoms with Crippen LogP contribution in [0.15, 0.2) is 30.3 Å². The number of hydrogen-bond donors (Lipinski definition) is 1. The first-order chi connectivity index (χ1) is 9.40. The summed E-state index contributed by atoms with van der Waals surface area (Å²) in [5.41, 5.74) is 1.95. The molecular weight excluding hydrogens is 244 g/mol. The molecule has 20 heavy (non-hydrogen) atoms. The lowest BCUT2D eigenvalue weighted by Crippen LogP contribution is -2.64. The van der Waals surface area contributed by atoms with Crippen LogP contribution < -0.4 is 5.32 Å². The third-order valence-electron chi connectivity index (χ3n) is 5.10. The van der Waals surface area contributed by atoms with Gasteiger partial charge < -0.3 is 5.32 Å². The van der Waals surface area contributed by atoms with Crippen LogP contribution in [0, 0.1) is 5.92 Å². The van der Waals surface area contributed by atoms with Crippen LogP contribution >= 0.6 is 0 Å². The van der Waals surface area contributed by atoms with E-state index in [-0.39, 0.29) is 5.54 Å². The van der Waals surface area contributed by atoms with E-state index in [1.54, 1.807) is 0 Å². The Balaban J connectivity index is 1.87. The SMILES string of the molecule is CC1(C2CC2)CN(C(C)(C)C)C(c2ccccc2)CN1. The summed E-state index contributed by atoms with van der Waals surface area (Å²) in [7, 11) is 0. The van der Waals surface area contributed by atoms with Gasteiger partial charge >= 0.3 is 0 Å². The van der Waals surface area contributed by atoms with Crippen molar-refractivity contribution in [3.63, 3.8) is 0 Å². The zero-order valence-electron chi connectivity index (χ0n) is 13.3. The van der Waals surface area contributed by atoms with Gasteiger partial charge in [-0.3, -0.25) is 4.90 Å². The van der Waals surface area contributed by atoms with E-state index in [0.717, 1.165) is 19.0 Å². The molecule has 1 aromatic rings. The maximum Gasteiger partial charge on any atom is 0.0478 e. The molecule has 2 nitrogen and oxygen atoms in total. The maximum atomic E-state index is 3.87. The van der Waals surface area contributed by atoms with Gasteiger partial charge in [-0.1, -0.05) is 30.3 Å². The van der Waals surface area contributed by atoms with E-state index in [1.165, 1.54) is 18.4 Å². The highest BCUT2D eigenvalue weighted by molar-refractivity contribution is 5.22. The summed E-state index contributed by atoms with van der Waals surface area (Å²) < 4.78 is 0. The van der Waals surface area contributed by atoms with Crippen molar-refractivity contribution in [2.45, 2.75) is 57.7 Å². The van der Waals surface area contributed by atoms with Crippen molar-refractivity contribution in [3.8, 4) is 0 Å². The van der Waals surface area contributed by atoms with E-state index < -0.39 is 0 Å². The van der Waals surface area contributed by atoms with Gasteiger partial charge in [0.15, 0.2) is 0 Å². The maximum absolute atomic E-state index is 3.87. The van der Waals surface area contributed by atoms with Crippen molar-refractivity contribution < 1.29 is 0 Å². The minimum atomic E-state index is 0.207. The van der Waals surface area contributed by atoms with Crippen molar-refractivity contribution >= 4 is 0 Å². The average Bonchev–Trinajstić information content (AvgIpc) is 3.23. The lowest BCUT2D eigenvalue weighted by atomic mass is 9.86. The first-order valence-corrected chi connectivity index (χ1v) is 7.97. The second-order valence-corrected chi connectivity index (χ2v) is 7.80. The molecule has 3 rings (SSSR count). The fraction of sp³-hybridized carbons (Fsp3) is 0.667. The van der Waals surface area contributed by atoms with Crippen molar-refractivity contribution in [2.24, 2.45) is 5.92 Å². The van der Waals surface area contributed by atoms with Crippen LogP contribution in [-0.2, 0) is 0 Å². The van der Waals surface area contributed by atoms with Crippen molar-refractivity contribution in [1.82, 2.24) is 10.2 Å². The molecule has 2 atom stereocenters. The lowest BCUT2D eigenvalue weighted by molar-refractivity contribution is 0.00535. The third-order valence-corrected chi connectivity index (χ3v) is 5.10. The van der Waals surface area contributed by atoms with Gasteiger partial charge in [0.2, 0.25) is 0 Å². The van der Waals surface area contributed by atoms with Crippen LogP contribution in [0.4, 0.5) is 0 Å². The molecule has 2 unspecified atom stereocenters. The Hall–Kier alpha value is -0.860. The largest absolute Gasteiger partial charge is 0.308 e. The molecule has 1 aromatic carbocycles. The Morgan fingerprint density at radius 3 is 2.35 bits per heavy atom. The normalized spacial score (nSPS) is 32.3. The van der Waals surface area contributed by atoms with Gasteiger partial charge in [-0.2, -0.15) is 0 Å². The smallest absolute Gasteiger partial charge is 0.0478 e. The molecule has 1 aliphatic heterocycles. The first kappa shape index (κ1) is 14.1. The second-order valence-electron chi connectivity index (χ2n) is 7.80. The van der Waals surface area contributed by atoms with Crippen LogP contribution in [0.25, 0.3) is 0 Å². The summed E-state index contributed by atoms with van der Waals surface area (Å²) in [6.07, 6.45) is 2.80. The molecule has 0 amide bonds. The van der Waals surface area contributed by atoms with E-state index in [2.05, 4.69) is 68.2 Å². The standard InChI is InChI=1S/C18H28N2/c1-17(2,3)20-13-18(4,15-10-11-15)19-12-16(20)14-8-6-5-7-9-14/h5-9,15-16,19H,10-13H2,1-4H3. The number of piperazine rings is 1. The molecule has 110 valence electrons. The topological polar surface area (TPSA) is 15.3 Å². The molecule has 1 saturated heterocycles. The first-order valence-electron chi connectivity index (χ1n) is 7.97. The number of hydrogen-bond acceptors (Lipinski definition) is 2. The van der Waals surface area contributed by atoms with Crippen LogP contribution in [0.3, 0.4) is 0 Å². The van der Waals surface area contributed by atoms with Crippen LogP contribution in [0.1, 0.15) is 52.1 Å². The lowest BCUT2D eigenvalue weighted by Gasteiger charge is -2.52. The molecule has 1 heterocycles. The zero-order chi connectivity index (χ0) is 14.4. The molecule has 0 radical (unpaired) electrons. The van der Waals surface area contributed by atoms with Crippen molar-refractivity contribution in [3.05, 3.63) is 35.9 Å². The highest BCUT2D eigenvalue weighted by Gasteiger charge is 2.48. The van der Waals surface area contributed by atoms with Crippen LogP contribution in [0.5, 0.6) is 0 Å². The van der Waals surface area contributed by atoms with Crippen molar-refractivity contribution in [2.75, 3.05) is 13.1 Å². The Kier molecular flexibility index (Phi) is 3.42. The van der Waals surface area contributed by atoms with Gasteiger partial charge in [-0.25, -0.2) is 0 Å². The zero-order valence-corrected chi connectivity index (χ0v) is 13.3. The predicted molar refractivity (Wildman–Crippen MR) is 84.8 cm³/mol. The van der Waals surface area contributed by atoms with Gasteiger partial charge in [0, 0.05) is 30.2 Å². The molecule has 2 heteroatoms. The Morgan fingerprint density at radius 2 is 1.80 bits per heavy atom. The van der Waals surface area contributed by atoms with Gasteiger partial charge in [-0.05, 0) is 52.0 Å². The van der Waals surface area contributed by atoms with E-state index in [0.29, 0.717) is 11.6 Å². The minimum Gasteiger partial charge on any atom is -0.308 e. The molecule has 2 fully saturated rings. The highest BCUT2D eigenvalue weighted by Crippen LogP contribution is 2.44. The molecule has 0 bridgehead atoms. The molecule has 0 spiro atoms. The van der Waals surface area contributed by atoms with Gasteiger partial charge in [0.25, 0.3) is 0 Å². The monoisotopic (exact) mass is 272 g/mol.